The Bertz CT molecular complexity index is 443. The zero-order valence-corrected chi connectivity index (χ0v) is 14.5. The maximum absolute atomic E-state index is 5.44. The fourth-order valence-electron chi connectivity index (χ4n) is 2.26. The van der Waals surface area contributed by atoms with Gasteiger partial charge in [0.1, 0.15) is 0 Å². The number of rotatable bonds is 5. The van der Waals surface area contributed by atoms with Crippen molar-refractivity contribution in [3.63, 3.8) is 0 Å². The highest BCUT2D eigenvalue weighted by Crippen LogP contribution is 2.20. The first-order chi connectivity index (χ1) is 9.69. The van der Waals surface area contributed by atoms with Crippen molar-refractivity contribution in [1.29, 1.82) is 0 Å². The quantitative estimate of drug-likeness (QED) is 0.648. The average Bonchev–Trinajstić information content (AvgIpc) is 3.06. The van der Waals surface area contributed by atoms with Crippen LogP contribution in [0.2, 0.25) is 0 Å². The number of guanidine groups is 1. The zero-order valence-electron chi connectivity index (χ0n) is 12.1. The van der Waals surface area contributed by atoms with Crippen molar-refractivity contribution in [2.24, 2.45) is 10.9 Å². The SMILES string of the molecule is CCNC(=NCc1cc(Br)cs1)N(C)CC1CCOC1. The monoisotopic (exact) mass is 359 g/mol. The first kappa shape index (κ1) is 15.8. The van der Waals surface area contributed by atoms with Gasteiger partial charge in [0, 0.05) is 47.4 Å². The summed E-state index contributed by atoms with van der Waals surface area (Å²) in [6, 6.07) is 2.13. The molecule has 4 nitrogen and oxygen atoms in total. The standard InChI is InChI=1S/C14H22BrN3OS/c1-3-16-14(17-7-13-6-12(15)10-20-13)18(2)8-11-4-5-19-9-11/h6,10-11H,3-5,7-9H2,1-2H3,(H,16,17). The Balaban J connectivity index is 1.93. The van der Waals surface area contributed by atoms with E-state index in [9.17, 15) is 0 Å². The molecule has 0 amide bonds. The summed E-state index contributed by atoms with van der Waals surface area (Å²) in [6.07, 6.45) is 1.15. The Kier molecular flexibility index (Phi) is 6.32. The first-order valence-electron chi connectivity index (χ1n) is 6.99. The molecule has 1 N–H and O–H groups in total. The molecule has 2 rings (SSSR count). The average molecular weight is 360 g/mol. The van der Waals surface area contributed by atoms with Crippen molar-refractivity contribution in [2.75, 3.05) is 33.4 Å². The van der Waals surface area contributed by atoms with E-state index in [2.05, 4.69) is 51.6 Å². The molecule has 0 saturated carbocycles. The number of hydrogen-bond acceptors (Lipinski definition) is 3. The van der Waals surface area contributed by atoms with Crippen LogP contribution in [-0.4, -0.2) is 44.2 Å². The molecule has 20 heavy (non-hydrogen) atoms. The van der Waals surface area contributed by atoms with Gasteiger partial charge in [-0.25, -0.2) is 4.99 Å². The van der Waals surface area contributed by atoms with E-state index in [0.717, 1.165) is 49.7 Å². The van der Waals surface area contributed by atoms with Gasteiger partial charge in [0.15, 0.2) is 5.96 Å². The minimum absolute atomic E-state index is 0.625. The van der Waals surface area contributed by atoms with Crippen LogP contribution in [-0.2, 0) is 11.3 Å². The van der Waals surface area contributed by atoms with Crippen LogP contribution in [0.5, 0.6) is 0 Å². The van der Waals surface area contributed by atoms with Crippen LogP contribution in [0, 0.1) is 5.92 Å². The minimum Gasteiger partial charge on any atom is -0.381 e. The molecule has 2 heterocycles. The second kappa shape index (κ2) is 8.00. The Morgan fingerprint density at radius 2 is 2.50 bits per heavy atom. The summed E-state index contributed by atoms with van der Waals surface area (Å²) >= 11 is 5.21. The van der Waals surface area contributed by atoms with E-state index in [0.29, 0.717) is 5.92 Å². The molecule has 1 aromatic rings. The van der Waals surface area contributed by atoms with E-state index >= 15 is 0 Å². The molecule has 0 aromatic carbocycles. The zero-order chi connectivity index (χ0) is 14.4. The van der Waals surface area contributed by atoms with Gasteiger partial charge in [-0.2, -0.15) is 0 Å². The van der Waals surface area contributed by atoms with Gasteiger partial charge in [0.05, 0.1) is 13.2 Å². The van der Waals surface area contributed by atoms with Crippen molar-refractivity contribution < 1.29 is 4.74 Å². The maximum atomic E-state index is 5.44. The Morgan fingerprint density at radius 3 is 3.10 bits per heavy atom. The molecule has 0 bridgehead atoms. The van der Waals surface area contributed by atoms with Crippen LogP contribution >= 0.6 is 27.3 Å². The number of ether oxygens (including phenoxy) is 1. The van der Waals surface area contributed by atoms with E-state index in [1.807, 2.05) is 0 Å². The van der Waals surface area contributed by atoms with Crippen molar-refractivity contribution >= 4 is 33.2 Å². The summed E-state index contributed by atoms with van der Waals surface area (Å²) in [5, 5.41) is 5.46. The van der Waals surface area contributed by atoms with Gasteiger partial charge < -0.3 is 15.0 Å². The summed E-state index contributed by atoms with van der Waals surface area (Å²) in [7, 11) is 2.10. The summed E-state index contributed by atoms with van der Waals surface area (Å²) in [5.74, 6) is 1.60. The van der Waals surface area contributed by atoms with Crippen LogP contribution in [0.15, 0.2) is 20.9 Å². The first-order valence-corrected chi connectivity index (χ1v) is 8.66. The highest BCUT2D eigenvalue weighted by molar-refractivity contribution is 9.10. The van der Waals surface area contributed by atoms with E-state index in [1.54, 1.807) is 11.3 Å². The topological polar surface area (TPSA) is 36.9 Å². The molecular weight excluding hydrogens is 338 g/mol. The number of nitrogens with one attached hydrogen (secondary N) is 1. The maximum Gasteiger partial charge on any atom is 0.194 e. The molecule has 0 radical (unpaired) electrons. The molecule has 6 heteroatoms. The normalized spacial score (nSPS) is 19.4. The molecule has 0 spiro atoms. The fourth-order valence-corrected chi connectivity index (χ4v) is 3.63. The van der Waals surface area contributed by atoms with Crippen molar-refractivity contribution in [3.05, 3.63) is 20.8 Å². The summed E-state index contributed by atoms with van der Waals surface area (Å²) in [5.41, 5.74) is 0. The summed E-state index contributed by atoms with van der Waals surface area (Å²) < 4.78 is 6.57. The fraction of sp³-hybridized carbons (Fsp3) is 0.643. The lowest BCUT2D eigenvalue weighted by Gasteiger charge is -2.24. The molecule has 1 aliphatic heterocycles. The van der Waals surface area contributed by atoms with Gasteiger partial charge in [-0.1, -0.05) is 0 Å². The molecule has 1 atom stereocenters. The smallest absolute Gasteiger partial charge is 0.194 e. The number of thiophene rings is 1. The molecule has 1 aliphatic rings. The third kappa shape index (κ3) is 4.75. The molecule has 1 aromatic heterocycles. The second-order valence-corrected chi connectivity index (χ2v) is 6.92. The van der Waals surface area contributed by atoms with Crippen molar-refractivity contribution in [1.82, 2.24) is 10.2 Å². The number of hydrogen-bond donors (Lipinski definition) is 1. The van der Waals surface area contributed by atoms with Gasteiger partial charge in [-0.3, -0.25) is 0 Å². The number of halogens is 1. The predicted octanol–water partition coefficient (Wildman–Crippen LogP) is 2.94. The molecule has 1 saturated heterocycles. The highest BCUT2D eigenvalue weighted by Gasteiger charge is 2.19. The van der Waals surface area contributed by atoms with Crippen LogP contribution in [0.25, 0.3) is 0 Å². The van der Waals surface area contributed by atoms with E-state index < -0.39 is 0 Å². The van der Waals surface area contributed by atoms with Gasteiger partial charge in [0.2, 0.25) is 0 Å². The van der Waals surface area contributed by atoms with Crippen LogP contribution < -0.4 is 5.32 Å². The third-order valence-electron chi connectivity index (χ3n) is 3.26. The third-order valence-corrected chi connectivity index (χ3v) is 4.94. The molecule has 1 fully saturated rings. The Hall–Kier alpha value is -0.590. The summed E-state index contributed by atoms with van der Waals surface area (Å²) in [6.45, 7) is 6.49. The lowest BCUT2D eigenvalue weighted by atomic mass is 10.1. The number of nitrogens with zero attached hydrogens (tertiary/aromatic N) is 2. The van der Waals surface area contributed by atoms with Gasteiger partial charge in [-0.15, -0.1) is 11.3 Å². The van der Waals surface area contributed by atoms with Gasteiger partial charge >= 0.3 is 0 Å². The highest BCUT2D eigenvalue weighted by atomic mass is 79.9. The van der Waals surface area contributed by atoms with E-state index in [-0.39, 0.29) is 0 Å². The molecule has 112 valence electrons. The molecule has 0 aliphatic carbocycles. The van der Waals surface area contributed by atoms with Gasteiger partial charge in [-0.05, 0) is 35.3 Å². The summed E-state index contributed by atoms with van der Waals surface area (Å²) in [4.78, 5) is 8.20. The second-order valence-electron chi connectivity index (χ2n) is 5.01. The lowest BCUT2D eigenvalue weighted by molar-refractivity contribution is 0.181. The Labute approximate surface area is 133 Å². The lowest BCUT2D eigenvalue weighted by Crippen LogP contribution is -2.41. The van der Waals surface area contributed by atoms with E-state index in [4.69, 9.17) is 9.73 Å². The molecular formula is C14H22BrN3OS. The van der Waals surface area contributed by atoms with Crippen LogP contribution in [0.3, 0.4) is 0 Å². The Morgan fingerprint density at radius 1 is 1.65 bits per heavy atom. The van der Waals surface area contributed by atoms with Crippen LogP contribution in [0.4, 0.5) is 0 Å². The molecule has 1 unspecified atom stereocenters. The predicted molar refractivity (Wildman–Crippen MR) is 88.4 cm³/mol. The van der Waals surface area contributed by atoms with E-state index in [1.165, 1.54) is 4.88 Å². The van der Waals surface area contributed by atoms with Crippen molar-refractivity contribution in [3.8, 4) is 0 Å². The largest absolute Gasteiger partial charge is 0.381 e. The van der Waals surface area contributed by atoms with Crippen LogP contribution in [0.1, 0.15) is 18.2 Å². The van der Waals surface area contributed by atoms with Gasteiger partial charge in [0.25, 0.3) is 0 Å². The van der Waals surface area contributed by atoms with Crippen molar-refractivity contribution in [2.45, 2.75) is 19.9 Å². The minimum atomic E-state index is 0.625. The number of aliphatic imine (C=N–C) groups is 1.